The molecule has 2 nitrogen and oxygen atoms in total. The van der Waals surface area contributed by atoms with E-state index in [0.717, 1.165) is 11.9 Å². The molecular weight excluding hydrogens is 196 g/mol. The molecule has 84 valence electrons. The van der Waals surface area contributed by atoms with E-state index in [4.69, 9.17) is 5.73 Å². The SMILES string of the molecule is CCCCC(N)c1ccc2ncccc2c1. The lowest BCUT2D eigenvalue weighted by atomic mass is 10.0. The summed E-state index contributed by atoms with van der Waals surface area (Å²) in [6.07, 6.45) is 5.26. The number of fused-ring (bicyclic) bond motifs is 1. The fourth-order valence-electron chi connectivity index (χ4n) is 1.92. The van der Waals surface area contributed by atoms with Crippen LogP contribution in [0.25, 0.3) is 10.9 Å². The Balaban J connectivity index is 2.25. The van der Waals surface area contributed by atoms with Crippen molar-refractivity contribution in [3.05, 3.63) is 42.1 Å². The number of nitrogens with zero attached hydrogens (tertiary/aromatic N) is 1. The Bertz CT molecular complexity index is 465. The van der Waals surface area contributed by atoms with E-state index in [0.29, 0.717) is 0 Å². The lowest BCUT2D eigenvalue weighted by Crippen LogP contribution is -2.09. The Kier molecular flexibility index (Phi) is 3.52. The average Bonchev–Trinajstić information content (AvgIpc) is 2.35. The van der Waals surface area contributed by atoms with Crippen LogP contribution in [0.3, 0.4) is 0 Å². The van der Waals surface area contributed by atoms with Crippen molar-refractivity contribution in [1.29, 1.82) is 0 Å². The van der Waals surface area contributed by atoms with Crippen molar-refractivity contribution in [2.75, 3.05) is 0 Å². The molecule has 0 radical (unpaired) electrons. The van der Waals surface area contributed by atoms with Gasteiger partial charge in [-0.2, -0.15) is 0 Å². The molecule has 0 fully saturated rings. The van der Waals surface area contributed by atoms with Gasteiger partial charge in [0.15, 0.2) is 0 Å². The molecule has 2 heteroatoms. The molecular formula is C14H18N2. The first kappa shape index (κ1) is 11.1. The van der Waals surface area contributed by atoms with E-state index in [1.807, 2.05) is 12.3 Å². The number of nitrogens with two attached hydrogens (primary N) is 1. The number of pyridine rings is 1. The molecule has 0 bridgehead atoms. The molecule has 0 spiro atoms. The Morgan fingerprint density at radius 2 is 2.19 bits per heavy atom. The van der Waals surface area contributed by atoms with Crippen molar-refractivity contribution in [3.8, 4) is 0 Å². The van der Waals surface area contributed by atoms with E-state index in [-0.39, 0.29) is 6.04 Å². The quantitative estimate of drug-likeness (QED) is 0.846. The van der Waals surface area contributed by atoms with Gasteiger partial charge in [0, 0.05) is 17.6 Å². The van der Waals surface area contributed by atoms with Crippen LogP contribution in [0.2, 0.25) is 0 Å². The van der Waals surface area contributed by atoms with Crippen LogP contribution in [-0.2, 0) is 0 Å². The molecule has 1 aromatic heterocycles. The summed E-state index contributed by atoms with van der Waals surface area (Å²) in [6, 6.07) is 10.5. The van der Waals surface area contributed by atoms with Gasteiger partial charge < -0.3 is 5.73 Å². The molecule has 0 aliphatic heterocycles. The molecule has 16 heavy (non-hydrogen) atoms. The van der Waals surface area contributed by atoms with Crippen LogP contribution in [0, 0.1) is 0 Å². The monoisotopic (exact) mass is 214 g/mol. The van der Waals surface area contributed by atoms with E-state index < -0.39 is 0 Å². The summed E-state index contributed by atoms with van der Waals surface area (Å²) >= 11 is 0. The van der Waals surface area contributed by atoms with E-state index in [1.54, 1.807) is 0 Å². The minimum Gasteiger partial charge on any atom is -0.324 e. The molecule has 0 saturated carbocycles. The normalized spacial score (nSPS) is 12.9. The summed E-state index contributed by atoms with van der Waals surface area (Å²) in [7, 11) is 0. The second-order valence-corrected chi connectivity index (χ2v) is 4.20. The predicted octanol–water partition coefficient (Wildman–Crippen LogP) is 3.42. The maximum atomic E-state index is 6.15. The van der Waals surface area contributed by atoms with Crippen LogP contribution in [0.1, 0.15) is 37.8 Å². The molecule has 0 saturated heterocycles. The third-order valence-electron chi connectivity index (χ3n) is 2.92. The Labute approximate surface area is 96.5 Å². The molecule has 2 N–H and O–H groups in total. The lowest BCUT2D eigenvalue weighted by molar-refractivity contribution is 0.604. The van der Waals surface area contributed by atoms with Crippen molar-refractivity contribution in [2.45, 2.75) is 32.2 Å². The van der Waals surface area contributed by atoms with Gasteiger partial charge in [-0.1, -0.05) is 31.9 Å². The molecule has 0 amide bonds. The Morgan fingerprint density at radius 3 is 3.00 bits per heavy atom. The van der Waals surface area contributed by atoms with E-state index >= 15 is 0 Å². The number of rotatable bonds is 4. The first-order valence-corrected chi connectivity index (χ1v) is 5.91. The first-order chi connectivity index (χ1) is 7.81. The molecule has 2 aromatic rings. The molecule has 0 aliphatic rings. The minimum absolute atomic E-state index is 0.157. The highest BCUT2D eigenvalue weighted by atomic mass is 14.6. The van der Waals surface area contributed by atoms with Crippen LogP contribution in [0.5, 0.6) is 0 Å². The van der Waals surface area contributed by atoms with Crippen LogP contribution in [0.4, 0.5) is 0 Å². The average molecular weight is 214 g/mol. The zero-order valence-corrected chi connectivity index (χ0v) is 9.69. The van der Waals surface area contributed by atoms with Crippen LogP contribution >= 0.6 is 0 Å². The number of hydrogen-bond acceptors (Lipinski definition) is 2. The van der Waals surface area contributed by atoms with Gasteiger partial charge in [0.1, 0.15) is 0 Å². The smallest absolute Gasteiger partial charge is 0.0702 e. The summed E-state index contributed by atoms with van der Waals surface area (Å²) in [6.45, 7) is 2.19. The van der Waals surface area contributed by atoms with E-state index in [2.05, 4.69) is 36.2 Å². The third kappa shape index (κ3) is 2.39. The fraction of sp³-hybridized carbons (Fsp3) is 0.357. The summed E-state index contributed by atoms with van der Waals surface area (Å²) in [5.41, 5.74) is 8.40. The second kappa shape index (κ2) is 5.08. The van der Waals surface area contributed by atoms with Crippen molar-refractivity contribution in [2.24, 2.45) is 5.73 Å². The largest absolute Gasteiger partial charge is 0.324 e. The molecule has 1 unspecified atom stereocenters. The highest BCUT2D eigenvalue weighted by Gasteiger charge is 2.05. The van der Waals surface area contributed by atoms with Gasteiger partial charge in [-0.15, -0.1) is 0 Å². The second-order valence-electron chi connectivity index (χ2n) is 4.20. The van der Waals surface area contributed by atoms with Crippen molar-refractivity contribution >= 4 is 10.9 Å². The van der Waals surface area contributed by atoms with Crippen LogP contribution in [-0.4, -0.2) is 4.98 Å². The number of unbranched alkanes of at least 4 members (excludes halogenated alkanes) is 1. The Hall–Kier alpha value is -1.41. The van der Waals surface area contributed by atoms with Gasteiger partial charge in [0.25, 0.3) is 0 Å². The molecule has 1 heterocycles. The van der Waals surface area contributed by atoms with Crippen LogP contribution in [0.15, 0.2) is 36.5 Å². The zero-order valence-electron chi connectivity index (χ0n) is 9.69. The number of aromatic nitrogens is 1. The van der Waals surface area contributed by atoms with Crippen LogP contribution < -0.4 is 5.73 Å². The van der Waals surface area contributed by atoms with E-state index in [1.165, 1.54) is 23.8 Å². The maximum absolute atomic E-state index is 6.15. The van der Waals surface area contributed by atoms with Gasteiger partial charge in [0.05, 0.1) is 5.52 Å². The van der Waals surface area contributed by atoms with Gasteiger partial charge in [-0.05, 0) is 30.2 Å². The lowest BCUT2D eigenvalue weighted by Gasteiger charge is -2.11. The summed E-state index contributed by atoms with van der Waals surface area (Å²) < 4.78 is 0. The molecule has 0 aliphatic carbocycles. The number of hydrogen-bond donors (Lipinski definition) is 1. The third-order valence-corrected chi connectivity index (χ3v) is 2.92. The molecule has 1 aromatic carbocycles. The standard InChI is InChI=1S/C14H18N2/c1-2-3-6-13(15)11-7-8-14-12(10-11)5-4-9-16-14/h4-5,7-10,13H,2-3,6,15H2,1H3. The fourth-order valence-corrected chi connectivity index (χ4v) is 1.92. The molecule has 2 rings (SSSR count). The van der Waals surface area contributed by atoms with E-state index in [9.17, 15) is 0 Å². The first-order valence-electron chi connectivity index (χ1n) is 5.91. The van der Waals surface area contributed by atoms with Crippen molar-refractivity contribution in [3.63, 3.8) is 0 Å². The van der Waals surface area contributed by atoms with Gasteiger partial charge >= 0.3 is 0 Å². The maximum Gasteiger partial charge on any atom is 0.0702 e. The van der Waals surface area contributed by atoms with Gasteiger partial charge in [-0.3, -0.25) is 4.98 Å². The molecule has 1 atom stereocenters. The van der Waals surface area contributed by atoms with Crippen molar-refractivity contribution < 1.29 is 0 Å². The highest BCUT2D eigenvalue weighted by molar-refractivity contribution is 5.79. The summed E-state index contributed by atoms with van der Waals surface area (Å²) in [5.74, 6) is 0. The zero-order chi connectivity index (χ0) is 11.4. The summed E-state index contributed by atoms with van der Waals surface area (Å²) in [4.78, 5) is 4.30. The number of benzene rings is 1. The van der Waals surface area contributed by atoms with Gasteiger partial charge in [-0.25, -0.2) is 0 Å². The topological polar surface area (TPSA) is 38.9 Å². The van der Waals surface area contributed by atoms with Gasteiger partial charge in [0.2, 0.25) is 0 Å². The Morgan fingerprint density at radius 1 is 1.31 bits per heavy atom. The summed E-state index contributed by atoms with van der Waals surface area (Å²) in [5, 5.41) is 1.17. The minimum atomic E-state index is 0.157. The van der Waals surface area contributed by atoms with Crippen molar-refractivity contribution in [1.82, 2.24) is 4.98 Å². The predicted molar refractivity (Wildman–Crippen MR) is 68.2 cm³/mol. The highest BCUT2D eigenvalue weighted by Crippen LogP contribution is 2.20.